The van der Waals surface area contributed by atoms with Gasteiger partial charge in [-0.3, -0.25) is 0 Å². The number of furan rings is 1. The molecule has 2 fully saturated rings. The van der Waals surface area contributed by atoms with Crippen molar-refractivity contribution in [3.05, 3.63) is 64.4 Å². The fourth-order valence-electron chi connectivity index (χ4n) is 4.47. The number of rotatable bonds is 5. The zero-order valence-corrected chi connectivity index (χ0v) is 18.0. The summed E-state index contributed by atoms with van der Waals surface area (Å²) in [7, 11) is 1.59. The van der Waals surface area contributed by atoms with Crippen molar-refractivity contribution in [3.8, 4) is 5.75 Å². The lowest BCUT2D eigenvalue weighted by Crippen LogP contribution is -2.65. The van der Waals surface area contributed by atoms with E-state index in [1.165, 1.54) is 0 Å². The number of hydrogen-bond donors (Lipinski definition) is 4. The summed E-state index contributed by atoms with van der Waals surface area (Å²) in [6, 6.07) is 12.4. The van der Waals surface area contributed by atoms with E-state index in [0.717, 1.165) is 5.39 Å². The smallest absolute Gasteiger partial charge is 0.225 e. The van der Waals surface area contributed by atoms with Crippen LogP contribution in [0.15, 0.2) is 46.9 Å². The van der Waals surface area contributed by atoms with E-state index in [9.17, 15) is 20.4 Å². The molecule has 8 nitrogen and oxygen atoms in total. The zero-order valence-electron chi connectivity index (χ0n) is 17.2. The van der Waals surface area contributed by atoms with Crippen LogP contribution in [0.25, 0.3) is 11.0 Å². The highest BCUT2D eigenvalue weighted by Crippen LogP contribution is 2.49. The Morgan fingerprint density at radius 1 is 1.09 bits per heavy atom. The monoisotopic (exact) mass is 462 g/mol. The molecule has 0 aliphatic carbocycles. The summed E-state index contributed by atoms with van der Waals surface area (Å²) in [6.07, 6.45) is -4.29. The van der Waals surface area contributed by atoms with Crippen molar-refractivity contribution in [2.24, 2.45) is 0 Å². The second-order valence-electron chi connectivity index (χ2n) is 8.26. The molecule has 2 aromatic carbocycles. The van der Waals surface area contributed by atoms with E-state index in [1.807, 2.05) is 18.2 Å². The van der Waals surface area contributed by atoms with Crippen LogP contribution < -0.4 is 4.74 Å². The van der Waals surface area contributed by atoms with Crippen LogP contribution in [0.1, 0.15) is 16.9 Å². The first-order chi connectivity index (χ1) is 15.3. The normalized spacial score (nSPS) is 31.9. The number of aliphatic hydroxyl groups is 4. The number of ether oxygens (including phenoxy) is 3. The van der Waals surface area contributed by atoms with Gasteiger partial charge in [-0.15, -0.1) is 0 Å². The number of fused-ring (bicyclic) bond motifs is 3. The minimum absolute atomic E-state index is 0.192. The van der Waals surface area contributed by atoms with Gasteiger partial charge in [0.05, 0.1) is 20.3 Å². The Labute approximate surface area is 188 Å². The van der Waals surface area contributed by atoms with Gasteiger partial charge in [-0.1, -0.05) is 17.7 Å². The molecule has 0 amide bonds. The van der Waals surface area contributed by atoms with Gasteiger partial charge in [-0.25, -0.2) is 0 Å². The van der Waals surface area contributed by atoms with Crippen LogP contribution in [0, 0.1) is 0 Å². The van der Waals surface area contributed by atoms with Crippen LogP contribution in [0.3, 0.4) is 0 Å². The Morgan fingerprint density at radius 3 is 2.66 bits per heavy atom. The summed E-state index contributed by atoms with van der Waals surface area (Å²) >= 11 is 6.44. The van der Waals surface area contributed by atoms with Gasteiger partial charge in [0.1, 0.15) is 41.0 Å². The average molecular weight is 463 g/mol. The Morgan fingerprint density at radius 2 is 1.91 bits per heavy atom. The predicted molar refractivity (Wildman–Crippen MR) is 114 cm³/mol. The molecule has 3 heterocycles. The Balaban J connectivity index is 1.50. The highest BCUT2D eigenvalue weighted by Gasteiger charge is 2.67. The molecule has 2 bridgehead atoms. The van der Waals surface area contributed by atoms with Gasteiger partial charge in [-0.05, 0) is 35.9 Å². The number of benzene rings is 2. The second-order valence-corrected chi connectivity index (χ2v) is 8.67. The molecule has 2 saturated heterocycles. The minimum atomic E-state index is -1.75. The molecular weight excluding hydrogens is 440 g/mol. The summed E-state index contributed by atoms with van der Waals surface area (Å²) in [5, 5.41) is 42.7. The molecule has 0 unspecified atom stereocenters. The first-order valence-corrected chi connectivity index (χ1v) is 10.5. The van der Waals surface area contributed by atoms with Gasteiger partial charge < -0.3 is 39.1 Å². The lowest BCUT2D eigenvalue weighted by Gasteiger charge is -2.46. The van der Waals surface area contributed by atoms with E-state index < -0.39 is 36.3 Å². The van der Waals surface area contributed by atoms with Crippen LogP contribution >= 0.6 is 11.6 Å². The highest BCUT2D eigenvalue weighted by atomic mass is 35.5. The van der Waals surface area contributed by atoms with Crippen molar-refractivity contribution in [2.75, 3.05) is 20.3 Å². The van der Waals surface area contributed by atoms with Crippen LogP contribution in [-0.4, -0.2) is 64.7 Å². The molecule has 32 heavy (non-hydrogen) atoms. The van der Waals surface area contributed by atoms with Gasteiger partial charge in [0.15, 0.2) is 0 Å². The number of methoxy groups -OCH3 is 1. The molecule has 0 radical (unpaired) electrons. The number of aliphatic hydroxyl groups excluding tert-OH is 4. The molecule has 3 aromatic rings. The van der Waals surface area contributed by atoms with Crippen molar-refractivity contribution in [1.82, 2.24) is 0 Å². The lowest BCUT2D eigenvalue weighted by atomic mass is 9.83. The first kappa shape index (κ1) is 21.7. The lowest BCUT2D eigenvalue weighted by molar-refractivity contribution is -0.329. The molecule has 170 valence electrons. The fraction of sp³-hybridized carbons (Fsp3) is 0.391. The SMILES string of the molecule is COc1ccc2cc(Cc3cc([C@]45OC[C@](CO)(O4)[C@@H](O)[C@H](O)[C@H]5O)ccc3Cl)oc2c1. The highest BCUT2D eigenvalue weighted by molar-refractivity contribution is 6.31. The average Bonchev–Trinajstić information content (AvgIpc) is 3.39. The molecule has 5 rings (SSSR count). The maximum atomic E-state index is 10.7. The summed E-state index contributed by atoms with van der Waals surface area (Å²) in [4.78, 5) is 0. The summed E-state index contributed by atoms with van der Waals surface area (Å²) in [5.74, 6) is -0.392. The fourth-order valence-corrected chi connectivity index (χ4v) is 4.65. The van der Waals surface area contributed by atoms with Crippen molar-refractivity contribution in [1.29, 1.82) is 0 Å². The summed E-state index contributed by atoms with van der Waals surface area (Å²) in [5.41, 5.74) is 0.241. The molecule has 2 aliphatic rings. The molecule has 0 spiro atoms. The third kappa shape index (κ3) is 3.14. The minimum Gasteiger partial charge on any atom is -0.497 e. The van der Waals surface area contributed by atoms with Crippen LogP contribution in [-0.2, 0) is 21.7 Å². The molecule has 1 aromatic heterocycles. The van der Waals surface area contributed by atoms with Crippen molar-refractivity contribution >= 4 is 22.6 Å². The van der Waals surface area contributed by atoms with Crippen LogP contribution in [0.4, 0.5) is 0 Å². The van der Waals surface area contributed by atoms with Crippen LogP contribution in [0.5, 0.6) is 5.75 Å². The summed E-state index contributed by atoms with van der Waals surface area (Å²) < 4.78 is 22.9. The topological polar surface area (TPSA) is 122 Å². The molecule has 9 heteroatoms. The Kier molecular flexibility index (Phi) is 5.22. The first-order valence-electron chi connectivity index (χ1n) is 10.2. The molecule has 0 saturated carbocycles. The van der Waals surface area contributed by atoms with Gasteiger partial charge in [0, 0.05) is 28.5 Å². The summed E-state index contributed by atoms with van der Waals surface area (Å²) in [6.45, 7) is -0.773. The zero-order chi connectivity index (χ0) is 22.7. The third-order valence-electron chi connectivity index (χ3n) is 6.32. The van der Waals surface area contributed by atoms with Gasteiger partial charge in [0.25, 0.3) is 0 Å². The molecular formula is C23H23ClO8. The third-order valence-corrected chi connectivity index (χ3v) is 6.69. The standard InChI is InChI=1S/C23H23ClO8/c1-29-15-4-2-12-7-16(31-18(12)9-15)8-13-6-14(3-5-17(13)24)23-21(28)19(26)20(27)22(10-25,32-23)11-30-23/h2-7,9,19-21,25-28H,8,10-11H2,1H3/t19-,20-,21+,22-,23-/m0/s1. The van der Waals surface area contributed by atoms with E-state index >= 15 is 0 Å². The van der Waals surface area contributed by atoms with E-state index in [-0.39, 0.29) is 6.61 Å². The second kappa shape index (κ2) is 7.71. The number of halogens is 1. The van der Waals surface area contributed by atoms with Crippen molar-refractivity contribution in [3.63, 3.8) is 0 Å². The van der Waals surface area contributed by atoms with Crippen LogP contribution in [0.2, 0.25) is 5.02 Å². The quantitative estimate of drug-likeness (QED) is 0.452. The van der Waals surface area contributed by atoms with Gasteiger partial charge in [-0.2, -0.15) is 0 Å². The van der Waals surface area contributed by atoms with Crippen molar-refractivity contribution < 1.29 is 39.1 Å². The molecule has 5 atom stereocenters. The maximum Gasteiger partial charge on any atom is 0.225 e. The molecule has 4 N–H and O–H groups in total. The molecule has 2 aliphatic heterocycles. The predicted octanol–water partition coefficient (Wildman–Crippen LogP) is 1.71. The van der Waals surface area contributed by atoms with Gasteiger partial charge >= 0.3 is 0 Å². The van der Waals surface area contributed by atoms with E-state index in [4.69, 9.17) is 30.2 Å². The van der Waals surface area contributed by atoms with E-state index in [1.54, 1.807) is 31.4 Å². The van der Waals surface area contributed by atoms with E-state index in [0.29, 0.717) is 39.7 Å². The Hall–Kier alpha value is -2.17. The van der Waals surface area contributed by atoms with E-state index in [2.05, 4.69) is 0 Å². The van der Waals surface area contributed by atoms with Gasteiger partial charge in [0.2, 0.25) is 5.79 Å². The number of hydrogen-bond acceptors (Lipinski definition) is 8. The largest absolute Gasteiger partial charge is 0.497 e. The Bertz CT molecular complexity index is 1160. The maximum absolute atomic E-state index is 10.7. The van der Waals surface area contributed by atoms with Crippen molar-refractivity contribution in [2.45, 2.75) is 36.1 Å².